The number of aryl methyl sites for hydroxylation is 2. The fourth-order valence-electron chi connectivity index (χ4n) is 2.61. The molecule has 3 rings (SSSR count). The van der Waals surface area contributed by atoms with Gasteiger partial charge in [0, 0.05) is 0 Å². The molecule has 0 heterocycles. The van der Waals surface area contributed by atoms with Crippen LogP contribution in [-0.4, -0.2) is 0 Å². The fraction of sp³-hybridized carbons (Fsp3) is 0.143. The van der Waals surface area contributed by atoms with Crippen LogP contribution in [0.3, 0.4) is 0 Å². The van der Waals surface area contributed by atoms with E-state index in [-0.39, 0.29) is 0 Å². The van der Waals surface area contributed by atoms with Gasteiger partial charge in [-0.3, -0.25) is 0 Å². The van der Waals surface area contributed by atoms with E-state index in [0.717, 1.165) is 22.6 Å². The average Bonchev–Trinajstić information content (AvgIpc) is 2.64. The van der Waals surface area contributed by atoms with E-state index in [9.17, 15) is 0 Å². The zero-order valence-corrected chi connectivity index (χ0v) is 17.9. The summed E-state index contributed by atoms with van der Waals surface area (Å²) in [5, 5.41) is 9.56. The summed E-state index contributed by atoms with van der Waals surface area (Å²) in [5.41, 5.74) is 6.59. The zero-order valence-electron chi connectivity index (χ0n) is 14.8. The first-order chi connectivity index (χ1) is 12.7. The fourth-order valence-corrected chi connectivity index (χ4v) is 2.61. The molecule has 0 N–H and O–H groups in total. The minimum absolute atomic E-state index is 0.556. The molecule has 26 heavy (non-hydrogen) atoms. The van der Waals surface area contributed by atoms with Crippen molar-refractivity contribution in [3.63, 3.8) is 0 Å². The van der Waals surface area contributed by atoms with Crippen molar-refractivity contribution in [3.8, 4) is 0 Å². The van der Waals surface area contributed by atoms with Crippen molar-refractivity contribution < 1.29 is 17.0 Å². The van der Waals surface area contributed by atoms with Crippen LogP contribution in [0.1, 0.15) is 16.7 Å². The summed E-state index contributed by atoms with van der Waals surface area (Å²) in [6, 6.07) is 24.5. The average molecular weight is 419 g/mol. The number of rotatable bonds is 5. The number of nitrogens with zero attached hydrogens (tertiary/aromatic N) is 2. The van der Waals surface area contributed by atoms with Gasteiger partial charge in [0.2, 0.25) is 0 Å². The Kier molecular flexibility index (Phi) is 9.07. The van der Waals surface area contributed by atoms with Crippen molar-refractivity contribution in [2.75, 3.05) is 0 Å². The number of hydrogen-bond donors (Lipinski definition) is 0. The molecular weight excluding hydrogens is 399 g/mol. The summed E-state index contributed by atoms with van der Waals surface area (Å²) < 4.78 is 0. The van der Waals surface area contributed by atoms with E-state index in [2.05, 4.69) is 38.1 Å². The van der Waals surface area contributed by atoms with Gasteiger partial charge in [0.25, 0.3) is 0 Å². The molecule has 0 aliphatic rings. The van der Waals surface area contributed by atoms with Gasteiger partial charge in [-0.1, -0.05) is 89.5 Å². The van der Waals surface area contributed by atoms with Crippen LogP contribution in [0.15, 0.2) is 72.8 Å². The Bertz CT molecular complexity index is 790. The molecule has 3 aromatic carbocycles. The molecule has 0 bridgehead atoms. The molecule has 0 aromatic heterocycles. The van der Waals surface area contributed by atoms with Crippen molar-refractivity contribution in [2.24, 2.45) is 0 Å². The third-order valence-corrected chi connectivity index (χ3v) is 3.84. The van der Waals surface area contributed by atoms with Gasteiger partial charge in [-0.2, -0.15) is 0 Å². The van der Waals surface area contributed by atoms with E-state index in [1.54, 1.807) is 0 Å². The van der Waals surface area contributed by atoms with Crippen LogP contribution < -0.4 is 0 Å². The number of para-hydroxylation sites is 3. The van der Waals surface area contributed by atoms with Crippen LogP contribution in [0, 0.1) is 13.8 Å². The predicted octanol–water partition coefficient (Wildman–Crippen LogP) is 8.22. The first kappa shape index (κ1) is 20.9. The van der Waals surface area contributed by atoms with Crippen LogP contribution in [0.25, 0.3) is 10.6 Å². The Morgan fingerprint density at radius 3 is 2.00 bits per heavy atom. The Labute approximate surface area is 172 Å². The van der Waals surface area contributed by atoms with Crippen LogP contribution in [0.5, 0.6) is 0 Å². The summed E-state index contributed by atoms with van der Waals surface area (Å²) in [6.45, 7) is 4.84. The van der Waals surface area contributed by atoms with Crippen LogP contribution >= 0.6 is 18.6 Å². The molecule has 0 saturated carbocycles. The van der Waals surface area contributed by atoms with Crippen molar-refractivity contribution >= 4 is 35.7 Å². The quantitative estimate of drug-likeness (QED) is 0.373. The Morgan fingerprint density at radius 1 is 0.769 bits per heavy atom. The van der Waals surface area contributed by atoms with Crippen LogP contribution in [-0.2, 0) is 23.6 Å². The first-order valence-electron chi connectivity index (χ1n) is 8.20. The summed E-state index contributed by atoms with van der Waals surface area (Å²) >= 11 is -0.556. The zero-order chi connectivity index (χ0) is 18.8. The molecule has 5 heteroatoms. The topological polar surface area (TPSA) is 28.2 Å². The predicted molar refractivity (Wildman–Crippen MR) is 110 cm³/mol. The second-order valence-corrected chi connectivity index (χ2v) is 8.28. The third kappa shape index (κ3) is 6.37. The maximum atomic E-state index is 4.89. The van der Waals surface area contributed by atoms with Gasteiger partial charge in [0.1, 0.15) is 0 Å². The number of halogens is 2. The van der Waals surface area contributed by atoms with Crippen LogP contribution in [0.2, 0.25) is 0 Å². The molecule has 0 aliphatic heterocycles. The molecule has 0 amide bonds. The second-order valence-electron chi connectivity index (χ2n) is 5.70. The molecule has 0 radical (unpaired) electrons. The normalized spacial score (nSPS) is 9.69. The van der Waals surface area contributed by atoms with Crippen molar-refractivity contribution in [2.45, 2.75) is 20.4 Å². The molecule has 0 fully saturated rings. The van der Waals surface area contributed by atoms with Gasteiger partial charge in [-0.05, 0) is 13.8 Å². The van der Waals surface area contributed by atoms with Gasteiger partial charge in [-0.15, -0.1) is 23.6 Å². The van der Waals surface area contributed by atoms with Crippen molar-refractivity contribution in [1.29, 1.82) is 0 Å². The van der Waals surface area contributed by atoms with Gasteiger partial charge < -0.3 is 10.6 Å². The van der Waals surface area contributed by atoms with Crippen molar-refractivity contribution in [3.05, 3.63) is 100 Å². The summed E-state index contributed by atoms with van der Waals surface area (Å²) in [6.07, 6.45) is 0. The Balaban J connectivity index is 0.000000758. The van der Waals surface area contributed by atoms with E-state index in [1.807, 2.05) is 48.5 Å². The van der Waals surface area contributed by atoms with E-state index in [4.69, 9.17) is 29.2 Å². The second kappa shape index (κ2) is 11.3. The molecule has 0 atom stereocenters. The number of hydrogen-bond acceptors (Lipinski definition) is 0. The molecule has 2 nitrogen and oxygen atoms in total. The summed E-state index contributed by atoms with van der Waals surface area (Å²) in [4.78, 5) is 0. The molecule has 0 spiro atoms. The standard InChI is InChI=1S/C21H20N2.2ClH.Ti/c1-16-9-8-10-17(2)21(16)22-15-18-11-6-7-14-20(18)23-19-12-4-3-5-13-19;;;/h3-14H,15H2,1-2H3;2*1H;/q-2;;;+2/p-2. The van der Waals surface area contributed by atoms with Gasteiger partial charge >= 0.3 is 35.6 Å². The van der Waals surface area contributed by atoms with E-state index in [1.165, 1.54) is 11.1 Å². The monoisotopic (exact) mass is 418 g/mol. The molecule has 3 aromatic rings. The van der Waals surface area contributed by atoms with Crippen LogP contribution in [0.4, 0.5) is 17.1 Å². The van der Waals surface area contributed by atoms with Crippen molar-refractivity contribution in [1.82, 2.24) is 0 Å². The van der Waals surface area contributed by atoms with E-state index in [0.29, 0.717) is 6.54 Å². The molecule has 0 aliphatic carbocycles. The summed E-state index contributed by atoms with van der Waals surface area (Å²) in [5.74, 6) is 0. The molecular formula is C21H20Cl2N2Ti-2. The molecule has 0 unspecified atom stereocenters. The molecule has 0 saturated heterocycles. The van der Waals surface area contributed by atoms with Gasteiger partial charge in [0.15, 0.2) is 0 Å². The Hall–Kier alpha value is -1.45. The van der Waals surface area contributed by atoms with E-state index < -0.39 is 17.0 Å². The summed E-state index contributed by atoms with van der Waals surface area (Å²) in [7, 11) is 9.78. The minimum atomic E-state index is -0.556. The first-order valence-corrected chi connectivity index (χ1v) is 12.5. The van der Waals surface area contributed by atoms with Gasteiger partial charge in [0.05, 0.1) is 0 Å². The third-order valence-electron chi connectivity index (χ3n) is 3.84. The molecule has 134 valence electrons. The maximum absolute atomic E-state index is 4.89. The Morgan fingerprint density at radius 2 is 1.35 bits per heavy atom. The SMILES string of the molecule is Cc1cccc(C)c1[N-]Cc1ccccc1[N-]c1ccccc1.[Cl][Ti][Cl]. The van der Waals surface area contributed by atoms with E-state index >= 15 is 0 Å². The van der Waals surface area contributed by atoms with Gasteiger partial charge in [-0.25, -0.2) is 0 Å². The number of benzene rings is 3.